The van der Waals surface area contributed by atoms with Crippen LogP contribution in [0.25, 0.3) is 33.5 Å². The van der Waals surface area contributed by atoms with Gasteiger partial charge in [0.15, 0.2) is 9.84 Å². The van der Waals surface area contributed by atoms with Crippen molar-refractivity contribution in [1.29, 1.82) is 0 Å². The molecule has 0 fully saturated rings. The smallest absolute Gasteiger partial charge is 0.251 e. The molecule has 2 N–H and O–H groups in total. The Morgan fingerprint density at radius 1 is 0.861 bits per heavy atom. The van der Waals surface area contributed by atoms with Crippen LogP contribution in [-0.2, 0) is 16.4 Å². The number of hydrogen-bond acceptors (Lipinski definition) is 4. The highest BCUT2D eigenvalue weighted by molar-refractivity contribution is 7.90. The zero-order valence-corrected chi connectivity index (χ0v) is 20.8. The number of aromatic nitrogens is 2. The highest BCUT2D eigenvalue weighted by Gasteiger charge is 2.14. The lowest BCUT2D eigenvalue weighted by Crippen LogP contribution is -2.23. The van der Waals surface area contributed by atoms with E-state index >= 15 is 0 Å². The van der Waals surface area contributed by atoms with E-state index in [1.54, 1.807) is 36.4 Å². The number of para-hydroxylation sites is 1. The second kappa shape index (κ2) is 9.43. The van der Waals surface area contributed by atoms with Gasteiger partial charge in [-0.05, 0) is 59.5 Å². The van der Waals surface area contributed by atoms with Crippen LogP contribution >= 0.6 is 0 Å². The normalized spacial score (nSPS) is 11.5. The maximum Gasteiger partial charge on any atom is 0.251 e. The van der Waals surface area contributed by atoms with Crippen LogP contribution in [0.1, 0.15) is 21.5 Å². The van der Waals surface area contributed by atoms with E-state index in [4.69, 9.17) is 4.98 Å². The van der Waals surface area contributed by atoms with Crippen LogP contribution in [0.15, 0.2) is 95.9 Å². The van der Waals surface area contributed by atoms with E-state index in [0.717, 1.165) is 45.4 Å². The number of benzene rings is 4. The van der Waals surface area contributed by atoms with Crippen molar-refractivity contribution in [2.75, 3.05) is 6.26 Å². The molecule has 0 saturated carbocycles. The Kier molecular flexibility index (Phi) is 6.16. The third-order valence-electron chi connectivity index (χ3n) is 6.14. The topological polar surface area (TPSA) is 91.9 Å². The number of hydrogen-bond donors (Lipinski definition) is 2. The predicted octanol–water partition coefficient (Wildman–Crippen LogP) is 5.54. The minimum atomic E-state index is -3.37. The van der Waals surface area contributed by atoms with Crippen molar-refractivity contribution in [1.82, 2.24) is 15.3 Å². The maximum atomic E-state index is 12.7. The van der Waals surface area contributed by atoms with Crippen LogP contribution in [0.3, 0.4) is 0 Å². The van der Waals surface area contributed by atoms with E-state index in [-0.39, 0.29) is 17.3 Å². The quantitative estimate of drug-likeness (QED) is 0.324. The van der Waals surface area contributed by atoms with Crippen molar-refractivity contribution in [2.24, 2.45) is 0 Å². The standard InChI is InChI=1S/C29H25N3O3S/c1-19-7-5-11-25-27(19)32-28(31-25)23-10-6-9-22(17-23)20-13-15-21(16-14-20)29(33)30-18-24-8-3-4-12-26(24)36(2,34)35/h3-17H,18H2,1-2H3,(H,30,33)(H,31,32). The summed E-state index contributed by atoms with van der Waals surface area (Å²) in [5.74, 6) is 0.544. The molecule has 5 aromatic rings. The molecule has 0 aliphatic rings. The van der Waals surface area contributed by atoms with Crippen LogP contribution in [0.5, 0.6) is 0 Å². The number of rotatable bonds is 6. The molecule has 7 heteroatoms. The van der Waals surface area contributed by atoms with Gasteiger partial charge in [-0.1, -0.05) is 60.7 Å². The number of aryl methyl sites for hydroxylation is 1. The molecule has 0 aliphatic carbocycles. The summed E-state index contributed by atoms with van der Waals surface area (Å²) in [6.07, 6.45) is 1.16. The minimum Gasteiger partial charge on any atom is -0.348 e. The number of carbonyl (C=O) groups is 1. The molecule has 1 heterocycles. The van der Waals surface area contributed by atoms with Crippen LogP contribution in [-0.4, -0.2) is 30.5 Å². The summed E-state index contributed by atoms with van der Waals surface area (Å²) in [6.45, 7) is 2.17. The first-order chi connectivity index (χ1) is 17.3. The van der Waals surface area contributed by atoms with Crippen molar-refractivity contribution in [3.8, 4) is 22.5 Å². The Balaban J connectivity index is 1.33. The second-order valence-electron chi connectivity index (χ2n) is 8.78. The monoisotopic (exact) mass is 495 g/mol. The summed E-state index contributed by atoms with van der Waals surface area (Å²) in [7, 11) is -3.37. The summed E-state index contributed by atoms with van der Waals surface area (Å²) in [5, 5.41) is 2.82. The molecule has 180 valence electrons. The molecule has 0 unspecified atom stereocenters. The third-order valence-corrected chi connectivity index (χ3v) is 7.34. The van der Waals surface area contributed by atoms with Gasteiger partial charge in [0.1, 0.15) is 5.82 Å². The highest BCUT2D eigenvalue weighted by atomic mass is 32.2. The van der Waals surface area contributed by atoms with E-state index < -0.39 is 9.84 Å². The summed E-state index contributed by atoms with van der Waals surface area (Å²) in [4.78, 5) is 21.1. The van der Waals surface area contributed by atoms with E-state index in [9.17, 15) is 13.2 Å². The number of nitrogens with one attached hydrogen (secondary N) is 2. The molecule has 0 spiro atoms. The zero-order chi connectivity index (χ0) is 25.3. The summed E-state index contributed by atoms with van der Waals surface area (Å²) < 4.78 is 24.0. The minimum absolute atomic E-state index is 0.128. The Bertz CT molecular complexity index is 1690. The molecular weight excluding hydrogens is 470 g/mol. The first-order valence-electron chi connectivity index (χ1n) is 11.5. The second-order valence-corrected chi connectivity index (χ2v) is 10.8. The molecule has 0 aliphatic heterocycles. The lowest BCUT2D eigenvalue weighted by molar-refractivity contribution is 0.0950. The van der Waals surface area contributed by atoms with Gasteiger partial charge in [-0.3, -0.25) is 4.79 Å². The number of amides is 1. The van der Waals surface area contributed by atoms with Gasteiger partial charge in [-0.25, -0.2) is 13.4 Å². The van der Waals surface area contributed by atoms with Crippen molar-refractivity contribution < 1.29 is 13.2 Å². The number of carbonyl (C=O) groups excluding carboxylic acids is 1. The average Bonchev–Trinajstić information content (AvgIpc) is 3.33. The van der Waals surface area contributed by atoms with Crippen molar-refractivity contribution in [3.63, 3.8) is 0 Å². The third kappa shape index (κ3) is 4.78. The fourth-order valence-corrected chi connectivity index (χ4v) is 5.20. The predicted molar refractivity (Wildman–Crippen MR) is 142 cm³/mol. The molecule has 36 heavy (non-hydrogen) atoms. The number of H-pyrrole nitrogens is 1. The lowest BCUT2D eigenvalue weighted by atomic mass is 10.0. The maximum absolute atomic E-state index is 12.7. The molecule has 0 atom stereocenters. The van der Waals surface area contributed by atoms with Crippen molar-refractivity contribution in [2.45, 2.75) is 18.4 Å². The molecule has 1 amide bonds. The van der Waals surface area contributed by atoms with Crippen molar-refractivity contribution in [3.05, 3.63) is 108 Å². The summed E-state index contributed by atoms with van der Waals surface area (Å²) in [5.41, 5.74) is 7.12. The molecule has 0 saturated heterocycles. The number of fused-ring (bicyclic) bond motifs is 1. The van der Waals surface area contributed by atoms with Gasteiger partial charge in [-0.15, -0.1) is 0 Å². The van der Waals surface area contributed by atoms with E-state index in [1.807, 2.05) is 55.5 Å². The van der Waals surface area contributed by atoms with Crippen LogP contribution in [0.2, 0.25) is 0 Å². The van der Waals surface area contributed by atoms with Gasteiger partial charge >= 0.3 is 0 Å². The van der Waals surface area contributed by atoms with Gasteiger partial charge in [0.25, 0.3) is 5.91 Å². The Hall–Kier alpha value is -4.23. The van der Waals surface area contributed by atoms with Gasteiger partial charge in [0, 0.05) is 23.9 Å². The molecule has 0 radical (unpaired) electrons. The molecule has 6 nitrogen and oxygen atoms in total. The van der Waals surface area contributed by atoms with Gasteiger partial charge < -0.3 is 10.3 Å². The Morgan fingerprint density at radius 3 is 2.33 bits per heavy atom. The first-order valence-corrected chi connectivity index (χ1v) is 13.4. The van der Waals surface area contributed by atoms with Crippen molar-refractivity contribution >= 4 is 26.8 Å². The number of sulfone groups is 1. The number of aromatic amines is 1. The number of nitrogens with zero attached hydrogens (tertiary/aromatic N) is 1. The van der Waals surface area contributed by atoms with Crippen LogP contribution in [0.4, 0.5) is 0 Å². The van der Waals surface area contributed by atoms with E-state index in [1.165, 1.54) is 0 Å². The fraction of sp³-hybridized carbons (Fsp3) is 0.103. The highest BCUT2D eigenvalue weighted by Crippen LogP contribution is 2.27. The molecule has 5 rings (SSSR count). The molecule has 1 aromatic heterocycles. The lowest BCUT2D eigenvalue weighted by Gasteiger charge is -2.10. The van der Waals surface area contributed by atoms with E-state index in [2.05, 4.69) is 16.4 Å². The molecular formula is C29H25N3O3S. The van der Waals surface area contributed by atoms with Gasteiger partial charge in [-0.2, -0.15) is 0 Å². The molecule has 4 aromatic carbocycles. The Labute approximate surface area is 210 Å². The number of imidazole rings is 1. The van der Waals surface area contributed by atoms with Crippen LogP contribution in [0, 0.1) is 6.92 Å². The molecule has 0 bridgehead atoms. The summed E-state index contributed by atoms with van der Waals surface area (Å²) >= 11 is 0. The van der Waals surface area contributed by atoms with Gasteiger partial charge in [0.05, 0.1) is 15.9 Å². The first kappa shape index (κ1) is 23.5. The Morgan fingerprint density at radius 2 is 1.58 bits per heavy atom. The van der Waals surface area contributed by atoms with Gasteiger partial charge in [0.2, 0.25) is 0 Å². The average molecular weight is 496 g/mol. The summed E-state index contributed by atoms with van der Waals surface area (Å²) in [6, 6.07) is 28.2. The largest absolute Gasteiger partial charge is 0.348 e. The SMILES string of the molecule is Cc1cccc2[nH]c(-c3cccc(-c4ccc(C(=O)NCc5ccccc5S(C)(=O)=O)cc4)c3)nc12. The fourth-order valence-electron chi connectivity index (χ4n) is 4.26. The zero-order valence-electron chi connectivity index (χ0n) is 19.9. The van der Waals surface area contributed by atoms with E-state index in [0.29, 0.717) is 11.1 Å². The van der Waals surface area contributed by atoms with Crippen LogP contribution < -0.4 is 5.32 Å².